The van der Waals surface area contributed by atoms with Crippen LogP contribution < -0.4 is 10.1 Å². The Balaban J connectivity index is 0.000000360. The molecule has 0 saturated carbocycles. The summed E-state index contributed by atoms with van der Waals surface area (Å²) in [5, 5.41) is 17.8. The van der Waals surface area contributed by atoms with Crippen LogP contribution in [0.25, 0.3) is 16.9 Å². The number of carboxylic acids is 1. The second-order valence-electron chi connectivity index (χ2n) is 6.01. The van der Waals surface area contributed by atoms with Crippen LogP contribution in [0.2, 0.25) is 0 Å². The van der Waals surface area contributed by atoms with Crippen molar-refractivity contribution in [3.8, 4) is 17.0 Å². The number of carbonyl (C=O) groups is 2. The highest BCUT2D eigenvalue weighted by Crippen LogP contribution is 2.21. The molecule has 1 amide bonds. The lowest BCUT2D eigenvalue weighted by Crippen LogP contribution is -2.21. The number of rotatable bonds is 4. The van der Waals surface area contributed by atoms with Crippen molar-refractivity contribution in [2.45, 2.75) is 6.18 Å². The van der Waals surface area contributed by atoms with Crippen molar-refractivity contribution in [2.75, 3.05) is 12.4 Å². The number of methoxy groups -OCH3 is 1. The summed E-state index contributed by atoms with van der Waals surface area (Å²) in [7, 11) is 1.62. The van der Waals surface area contributed by atoms with Crippen LogP contribution in [0.15, 0.2) is 59.4 Å². The number of carbonyl (C=O) groups excluding carboxylic acids is 1. The number of nitrogens with one attached hydrogen (secondary N) is 1. The van der Waals surface area contributed by atoms with Gasteiger partial charge in [-0.2, -0.15) is 18.3 Å². The Labute approximate surface area is 177 Å². The normalized spacial score (nSPS) is 10.9. The summed E-state index contributed by atoms with van der Waals surface area (Å²) in [6.07, 6.45) is -2.04. The molecule has 0 unspecified atom stereocenters. The number of benzene rings is 1. The maximum atomic E-state index is 12.0. The van der Waals surface area contributed by atoms with Crippen LogP contribution in [0.1, 0.15) is 10.6 Å². The Morgan fingerprint density at radius 3 is 2.38 bits per heavy atom. The molecule has 0 fully saturated rings. The summed E-state index contributed by atoms with van der Waals surface area (Å²) in [5.41, 5.74) is 2.34. The molecule has 0 radical (unpaired) electrons. The lowest BCUT2D eigenvalue weighted by Gasteiger charge is -2.03. The van der Waals surface area contributed by atoms with E-state index >= 15 is 0 Å². The molecule has 0 atom stereocenters. The van der Waals surface area contributed by atoms with Crippen LogP contribution in [-0.2, 0) is 4.79 Å². The number of carboxylic acid groups (broad SMARTS) is 1. The van der Waals surface area contributed by atoms with Gasteiger partial charge in [-0.1, -0.05) is 5.16 Å². The molecule has 13 heteroatoms. The summed E-state index contributed by atoms with van der Waals surface area (Å²) in [4.78, 5) is 25.2. The van der Waals surface area contributed by atoms with Crippen molar-refractivity contribution in [3.63, 3.8) is 0 Å². The molecule has 0 aliphatic carbocycles. The number of imidazole rings is 1. The van der Waals surface area contributed by atoms with Gasteiger partial charge in [0.2, 0.25) is 5.76 Å². The van der Waals surface area contributed by atoms with Crippen molar-refractivity contribution < 1.29 is 37.1 Å². The Kier molecular flexibility index (Phi) is 6.37. The summed E-state index contributed by atoms with van der Waals surface area (Å²) in [6, 6.07) is 12.8. The molecule has 3 aromatic heterocycles. The van der Waals surface area contributed by atoms with E-state index in [0.29, 0.717) is 11.5 Å². The predicted molar refractivity (Wildman–Crippen MR) is 103 cm³/mol. The first kappa shape index (κ1) is 22.3. The number of halogens is 3. The van der Waals surface area contributed by atoms with Gasteiger partial charge >= 0.3 is 12.1 Å². The number of hydrogen-bond acceptors (Lipinski definition) is 7. The summed E-state index contributed by atoms with van der Waals surface area (Å²) >= 11 is 0. The van der Waals surface area contributed by atoms with Crippen molar-refractivity contribution >= 4 is 23.3 Å². The number of ether oxygens (including phenoxy) is 1. The van der Waals surface area contributed by atoms with E-state index in [1.807, 2.05) is 36.4 Å². The highest BCUT2D eigenvalue weighted by Gasteiger charge is 2.38. The second kappa shape index (κ2) is 9.16. The zero-order valence-electron chi connectivity index (χ0n) is 16.2. The molecule has 2 N–H and O–H groups in total. The zero-order valence-corrected chi connectivity index (χ0v) is 16.2. The highest BCUT2D eigenvalue weighted by molar-refractivity contribution is 6.01. The van der Waals surface area contributed by atoms with E-state index in [9.17, 15) is 18.0 Å². The average Bonchev–Trinajstić information content (AvgIpc) is 3.42. The first-order valence-electron chi connectivity index (χ1n) is 8.70. The van der Waals surface area contributed by atoms with E-state index < -0.39 is 18.1 Å². The Morgan fingerprint density at radius 1 is 1.12 bits per heavy atom. The van der Waals surface area contributed by atoms with Crippen molar-refractivity contribution in [1.29, 1.82) is 0 Å². The van der Waals surface area contributed by atoms with Gasteiger partial charge in [-0.15, -0.1) is 0 Å². The van der Waals surface area contributed by atoms with E-state index in [0.717, 1.165) is 17.0 Å². The molecular formula is C19H14F3N5O5. The first-order valence-corrected chi connectivity index (χ1v) is 8.70. The van der Waals surface area contributed by atoms with E-state index in [1.165, 1.54) is 12.3 Å². The van der Waals surface area contributed by atoms with Crippen LogP contribution in [0, 0.1) is 0 Å². The minimum absolute atomic E-state index is 0.115. The second-order valence-corrected chi connectivity index (χ2v) is 6.01. The minimum Gasteiger partial charge on any atom is -0.497 e. The number of aliphatic carboxylic acids is 1. The van der Waals surface area contributed by atoms with Crippen LogP contribution in [0.4, 0.5) is 19.0 Å². The minimum atomic E-state index is -5.08. The summed E-state index contributed by atoms with van der Waals surface area (Å²) in [6.45, 7) is 0. The monoisotopic (exact) mass is 449 g/mol. The quantitative estimate of drug-likeness (QED) is 0.485. The third-order valence-electron chi connectivity index (χ3n) is 3.85. The largest absolute Gasteiger partial charge is 0.497 e. The number of nitrogens with zero attached hydrogens (tertiary/aromatic N) is 4. The number of fused-ring (bicyclic) bond motifs is 1. The SMILES string of the molecule is COc1ccc(-c2ccc3nc(NC(=O)c4ccno4)cn3n2)cc1.O=C(O)C(F)(F)F. The van der Waals surface area contributed by atoms with E-state index in [2.05, 4.69) is 20.6 Å². The van der Waals surface area contributed by atoms with Crippen LogP contribution in [0.5, 0.6) is 5.75 Å². The van der Waals surface area contributed by atoms with Crippen LogP contribution >= 0.6 is 0 Å². The average molecular weight is 449 g/mol. The molecule has 1 aromatic carbocycles. The predicted octanol–water partition coefficient (Wildman–Crippen LogP) is 3.28. The van der Waals surface area contributed by atoms with Crippen molar-refractivity contribution in [3.05, 3.63) is 60.6 Å². The number of aromatic nitrogens is 4. The topological polar surface area (TPSA) is 132 Å². The van der Waals surface area contributed by atoms with Crippen LogP contribution in [0.3, 0.4) is 0 Å². The Bertz CT molecular complexity index is 1220. The molecule has 0 spiro atoms. The van der Waals surface area contributed by atoms with Crippen molar-refractivity contribution in [1.82, 2.24) is 19.8 Å². The van der Waals surface area contributed by atoms with E-state index in [4.69, 9.17) is 19.2 Å². The van der Waals surface area contributed by atoms with Crippen LogP contribution in [-0.4, -0.2) is 50.0 Å². The smallest absolute Gasteiger partial charge is 0.490 e. The lowest BCUT2D eigenvalue weighted by molar-refractivity contribution is -0.192. The fraction of sp³-hybridized carbons (Fsp3) is 0.105. The molecule has 0 saturated heterocycles. The molecule has 0 aliphatic rings. The highest BCUT2D eigenvalue weighted by atomic mass is 19.4. The molecule has 10 nitrogen and oxygen atoms in total. The van der Waals surface area contributed by atoms with Gasteiger partial charge in [-0.25, -0.2) is 14.3 Å². The number of hydrogen-bond donors (Lipinski definition) is 2. The molecular weight excluding hydrogens is 435 g/mol. The molecule has 166 valence electrons. The summed E-state index contributed by atoms with van der Waals surface area (Å²) < 4.78 is 43.3. The fourth-order valence-corrected chi connectivity index (χ4v) is 2.37. The molecule has 32 heavy (non-hydrogen) atoms. The first-order chi connectivity index (χ1) is 15.2. The standard InChI is InChI=1S/C17H13N5O3.C2HF3O2/c1-24-12-4-2-11(3-5-12)13-6-7-16-19-15(10-22(16)21-13)20-17(23)14-8-9-18-25-14;3-2(4,5)1(6)7/h2-10H,1H3,(H,20,23);(H,6,7). The summed E-state index contributed by atoms with van der Waals surface area (Å²) in [5.74, 6) is -1.90. The molecule has 4 aromatic rings. The number of amides is 1. The molecule has 3 heterocycles. The maximum Gasteiger partial charge on any atom is 0.490 e. The number of anilines is 1. The fourth-order valence-electron chi connectivity index (χ4n) is 2.37. The molecule has 0 bridgehead atoms. The van der Waals surface area contributed by atoms with Gasteiger partial charge < -0.3 is 19.7 Å². The van der Waals surface area contributed by atoms with Gasteiger partial charge in [-0.05, 0) is 36.4 Å². The maximum absolute atomic E-state index is 12.0. The van der Waals surface area contributed by atoms with E-state index in [-0.39, 0.29) is 5.76 Å². The van der Waals surface area contributed by atoms with Gasteiger partial charge in [0.05, 0.1) is 25.2 Å². The Morgan fingerprint density at radius 2 is 1.81 bits per heavy atom. The lowest BCUT2D eigenvalue weighted by atomic mass is 10.1. The van der Waals surface area contributed by atoms with Gasteiger partial charge in [-0.3, -0.25) is 4.79 Å². The molecule has 0 aliphatic heterocycles. The van der Waals surface area contributed by atoms with E-state index in [1.54, 1.807) is 17.8 Å². The van der Waals surface area contributed by atoms with Gasteiger partial charge in [0.1, 0.15) is 5.75 Å². The third kappa shape index (κ3) is 5.38. The van der Waals surface area contributed by atoms with Crippen molar-refractivity contribution in [2.24, 2.45) is 0 Å². The zero-order chi connectivity index (χ0) is 23.3. The van der Waals surface area contributed by atoms with Gasteiger partial charge in [0.15, 0.2) is 11.5 Å². The number of alkyl halides is 3. The Hall–Kier alpha value is -4.42. The third-order valence-corrected chi connectivity index (χ3v) is 3.85. The van der Waals surface area contributed by atoms with Gasteiger partial charge in [0.25, 0.3) is 5.91 Å². The molecule has 4 rings (SSSR count). The van der Waals surface area contributed by atoms with Gasteiger partial charge in [0, 0.05) is 11.6 Å².